The van der Waals surface area contributed by atoms with E-state index in [0.29, 0.717) is 0 Å². The zero-order valence-corrected chi connectivity index (χ0v) is 29.5. The lowest BCUT2D eigenvalue weighted by molar-refractivity contribution is 1.71. The summed E-state index contributed by atoms with van der Waals surface area (Å²) >= 11 is 0. The molecule has 0 heterocycles. The molecule has 0 fully saturated rings. The Morgan fingerprint density at radius 1 is 0.185 bits per heavy atom. The Kier molecular flexibility index (Phi) is 6.15. The molecule has 0 bridgehead atoms. The molecule has 0 unspecified atom stereocenters. The van der Waals surface area contributed by atoms with Gasteiger partial charge in [-0.3, -0.25) is 0 Å². The molecular formula is C54H32. The second kappa shape index (κ2) is 11.2. The Labute approximate surface area is 312 Å². The smallest absolute Gasteiger partial charge is 0.000741 e. The Morgan fingerprint density at radius 3 is 0.852 bits per heavy atom. The van der Waals surface area contributed by atoms with Crippen LogP contribution in [0.15, 0.2) is 194 Å². The summed E-state index contributed by atoms with van der Waals surface area (Å²) in [6.45, 7) is 0. The SMILES string of the molecule is c1ccc2c(-c3c4cc5c6ccccc6c6ccccc6c5cc4c(-c4cccc5ccccc45)c4c5ccccc5c5ccccc5c34)cccc2c1. The lowest BCUT2D eigenvalue weighted by Crippen LogP contribution is -1.96. The Balaban J connectivity index is 1.46. The van der Waals surface area contributed by atoms with Crippen molar-refractivity contribution in [2.45, 2.75) is 0 Å². The zero-order chi connectivity index (χ0) is 35.3. The minimum absolute atomic E-state index is 1.25. The van der Waals surface area contributed by atoms with Gasteiger partial charge in [0.15, 0.2) is 0 Å². The molecule has 12 rings (SSSR count). The molecule has 0 aliphatic carbocycles. The monoisotopic (exact) mass is 680 g/mol. The van der Waals surface area contributed by atoms with E-state index in [2.05, 4.69) is 194 Å². The number of rotatable bonds is 2. The highest BCUT2D eigenvalue weighted by Gasteiger charge is 2.24. The minimum atomic E-state index is 1.25. The first-order valence-corrected chi connectivity index (χ1v) is 18.9. The summed E-state index contributed by atoms with van der Waals surface area (Å²) in [6.07, 6.45) is 0. The van der Waals surface area contributed by atoms with Gasteiger partial charge in [0.25, 0.3) is 0 Å². The molecule has 0 aromatic heterocycles. The van der Waals surface area contributed by atoms with Gasteiger partial charge in [-0.05, 0) is 131 Å². The molecule has 12 aromatic carbocycles. The van der Waals surface area contributed by atoms with Crippen LogP contribution in [0.5, 0.6) is 0 Å². The fourth-order valence-electron chi connectivity index (χ4n) is 9.74. The quantitative estimate of drug-likeness (QED) is 0.126. The van der Waals surface area contributed by atoms with Gasteiger partial charge >= 0.3 is 0 Å². The minimum Gasteiger partial charge on any atom is -0.0616 e. The molecule has 0 amide bonds. The Hall–Kier alpha value is -7.02. The summed E-state index contributed by atoms with van der Waals surface area (Å²) in [5, 5.41) is 23.0. The van der Waals surface area contributed by atoms with Crippen LogP contribution < -0.4 is 0 Å². The van der Waals surface area contributed by atoms with Crippen LogP contribution in [0.4, 0.5) is 0 Å². The highest BCUT2D eigenvalue weighted by molar-refractivity contribution is 6.40. The van der Waals surface area contributed by atoms with E-state index in [0.717, 1.165) is 0 Å². The van der Waals surface area contributed by atoms with E-state index in [-0.39, 0.29) is 0 Å². The maximum Gasteiger partial charge on any atom is -0.000741 e. The fraction of sp³-hybridized carbons (Fsp3) is 0. The molecule has 54 heavy (non-hydrogen) atoms. The van der Waals surface area contributed by atoms with Gasteiger partial charge in [0.2, 0.25) is 0 Å². The van der Waals surface area contributed by atoms with Gasteiger partial charge in [0, 0.05) is 0 Å². The highest BCUT2D eigenvalue weighted by Crippen LogP contribution is 2.53. The third kappa shape index (κ3) is 4.03. The van der Waals surface area contributed by atoms with Gasteiger partial charge < -0.3 is 0 Å². The first kappa shape index (κ1) is 29.5. The van der Waals surface area contributed by atoms with E-state index in [1.54, 1.807) is 0 Å². The lowest BCUT2D eigenvalue weighted by atomic mass is 9.79. The summed E-state index contributed by atoms with van der Waals surface area (Å²) in [5.41, 5.74) is 5.11. The second-order valence-corrected chi connectivity index (χ2v) is 14.7. The summed E-state index contributed by atoms with van der Waals surface area (Å²) in [5.74, 6) is 0. The number of hydrogen-bond donors (Lipinski definition) is 0. The maximum atomic E-state index is 2.54. The number of benzene rings is 12. The van der Waals surface area contributed by atoms with E-state index < -0.39 is 0 Å². The molecule has 0 saturated carbocycles. The predicted molar refractivity (Wildman–Crippen MR) is 235 cm³/mol. The molecule has 0 radical (unpaired) electrons. The van der Waals surface area contributed by atoms with Gasteiger partial charge in [-0.25, -0.2) is 0 Å². The van der Waals surface area contributed by atoms with Crippen molar-refractivity contribution in [3.05, 3.63) is 194 Å². The van der Waals surface area contributed by atoms with E-state index in [9.17, 15) is 0 Å². The molecular weight excluding hydrogens is 649 g/mol. The van der Waals surface area contributed by atoms with Crippen molar-refractivity contribution in [2.75, 3.05) is 0 Å². The van der Waals surface area contributed by atoms with Crippen LogP contribution in [0.2, 0.25) is 0 Å². The Bertz CT molecular complexity index is 3300. The summed E-state index contributed by atoms with van der Waals surface area (Å²) < 4.78 is 0. The molecule has 0 saturated heterocycles. The van der Waals surface area contributed by atoms with Crippen molar-refractivity contribution in [3.8, 4) is 22.3 Å². The molecule has 12 aromatic rings. The predicted octanol–water partition coefficient (Wildman–Crippen LogP) is 15.4. The van der Waals surface area contributed by atoms with Gasteiger partial charge in [0.05, 0.1) is 0 Å². The van der Waals surface area contributed by atoms with Gasteiger partial charge in [0.1, 0.15) is 0 Å². The van der Waals surface area contributed by atoms with Crippen molar-refractivity contribution in [3.63, 3.8) is 0 Å². The first-order chi connectivity index (χ1) is 26.8. The third-order valence-electron chi connectivity index (χ3n) is 12.0. The molecule has 248 valence electrons. The van der Waals surface area contributed by atoms with Crippen LogP contribution >= 0.6 is 0 Å². The van der Waals surface area contributed by atoms with Gasteiger partial charge in [-0.15, -0.1) is 0 Å². The largest absolute Gasteiger partial charge is 0.0616 e. The third-order valence-corrected chi connectivity index (χ3v) is 12.0. The average molecular weight is 681 g/mol. The second-order valence-electron chi connectivity index (χ2n) is 14.7. The molecule has 0 aliphatic rings. The standard InChI is InChI=1S/C54H32/c1-3-19-35-33(15-1)17-13-29-43(35)51-49-31-47-41-25-7-5-21-37(41)38-22-6-8-26-42(38)48(47)32-50(49)52(44-30-14-18-34-16-2-4-20-36(34)44)54-46-28-12-10-24-40(46)39-23-9-11-27-45(39)53(51)54/h1-32H. The number of hydrogen-bond acceptors (Lipinski definition) is 0. The van der Waals surface area contributed by atoms with Crippen LogP contribution in [0.3, 0.4) is 0 Å². The van der Waals surface area contributed by atoms with Crippen LogP contribution in [0.25, 0.3) is 119 Å². The number of fused-ring (bicyclic) bond motifs is 15. The molecule has 0 aliphatic heterocycles. The average Bonchev–Trinajstić information content (AvgIpc) is 3.25. The van der Waals surface area contributed by atoms with Crippen molar-refractivity contribution >= 4 is 97.0 Å². The van der Waals surface area contributed by atoms with Crippen molar-refractivity contribution in [1.82, 2.24) is 0 Å². The summed E-state index contributed by atoms with van der Waals surface area (Å²) in [6, 6.07) is 72.5. The topological polar surface area (TPSA) is 0 Å². The van der Waals surface area contributed by atoms with Crippen LogP contribution in [0.1, 0.15) is 0 Å². The van der Waals surface area contributed by atoms with Gasteiger partial charge in [-0.1, -0.05) is 182 Å². The van der Waals surface area contributed by atoms with Crippen molar-refractivity contribution in [1.29, 1.82) is 0 Å². The summed E-state index contributed by atoms with van der Waals surface area (Å²) in [4.78, 5) is 0. The molecule has 0 N–H and O–H groups in total. The van der Waals surface area contributed by atoms with E-state index in [1.165, 1.54) is 119 Å². The molecule has 0 atom stereocenters. The van der Waals surface area contributed by atoms with E-state index in [4.69, 9.17) is 0 Å². The van der Waals surface area contributed by atoms with Crippen molar-refractivity contribution in [2.24, 2.45) is 0 Å². The molecule has 0 spiro atoms. The van der Waals surface area contributed by atoms with Crippen LogP contribution in [-0.2, 0) is 0 Å². The highest BCUT2D eigenvalue weighted by atomic mass is 14.3. The maximum absolute atomic E-state index is 2.54. The van der Waals surface area contributed by atoms with Gasteiger partial charge in [-0.2, -0.15) is 0 Å². The molecule has 0 nitrogen and oxygen atoms in total. The van der Waals surface area contributed by atoms with E-state index >= 15 is 0 Å². The Morgan fingerprint density at radius 2 is 0.463 bits per heavy atom. The lowest BCUT2D eigenvalue weighted by Gasteiger charge is -2.24. The fourth-order valence-corrected chi connectivity index (χ4v) is 9.74. The zero-order valence-electron chi connectivity index (χ0n) is 29.5. The van der Waals surface area contributed by atoms with Crippen LogP contribution in [0, 0.1) is 0 Å². The summed E-state index contributed by atoms with van der Waals surface area (Å²) in [7, 11) is 0. The van der Waals surface area contributed by atoms with Crippen LogP contribution in [-0.4, -0.2) is 0 Å². The van der Waals surface area contributed by atoms with E-state index in [1.807, 2.05) is 0 Å². The molecule has 0 heteroatoms. The first-order valence-electron chi connectivity index (χ1n) is 18.9. The normalized spacial score (nSPS) is 12.1. The van der Waals surface area contributed by atoms with Crippen molar-refractivity contribution < 1.29 is 0 Å².